The molecular formula is C54H52BNSi. The Kier molecular flexibility index (Phi) is 8.26. The Hall–Kier alpha value is -5.38. The Labute approximate surface area is 341 Å². The van der Waals surface area contributed by atoms with E-state index in [-0.39, 0.29) is 6.71 Å². The Morgan fingerprint density at radius 1 is 0.474 bits per heavy atom. The fourth-order valence-electron chi connectivity index (χ4n) is 11.1. The second-order valence-corrected chi connectivity index (χ2v) is 22.5. The minimum Gasteiger partial charge on any atom is -0.310 e. The van der Waals surface area contributed by atoms with Crippen LogP contribution in [-0.4, -0.2) is 14.8 Å². The standard InChI is InChI=1S/C54H52BNSi/c1-34(2)37-31-41(35(3)4)53(42(32-37)36(5)6)55-47-25-15-18-28-51(47)57(7,8)52-33-38(29-30-48(52)55)56-49-26-16-13-23-45(49)54(46-24-14-17-27-50(46)56)43-21-11-9-19-39(43)40-20-10-12-22-44(40)54/h9-36H,1-8H3. The molecular weight excluding hydrogens is 701 g/mol. The van der Waals surface area contributed by atoms with Gasteiger partial charge in [0.25, 0.3) is 0 Å². The van der Waals surface area contributed by atoms with Crippen LogP contribution in [0.4, 0.5) is 17.1 Å². The molecule has 0 unspecified atom stereocenters. The number of nitrogens with zero attached hydrogens (tertiary/aromatic N) is 1. The van der Waals surface area contributed by atoms with Crippen LogP contribution in [0, 0.1) is 0 Å². The minimum atomic E-state index is -2.16. The highest BCUT2D eigenvalue weighted by atomic mass is 28.3. The van der Waals surface area contributed by atoms with Gasteiger partial charge in [-0.15, -0.1) is 0 Å². The first-order valence-corrected chi connectivity index (χ1v) is 24.1. The zero-order valence-corrected chi connectivity index (χ0v) is 35.7. The summed E-state index contributed by atoms with van der Waals surface area (Å²) in [6.07, 6.45) is 0. The minimum absolute atomic E-state index is 0.178. The van der Waals surface area contributed by atoms with Gasteiger partial charge < -0.3 is 4.90 Å². The van der Waals surface area contributed by atoms with Gasteiger partial charge in [-0.25, -0.2) is 0 Å². The smallest absolute Gasteiger partial charge is 0.241 e. The Balaban J connectivity index is 1.23. The highest BCUT2D eigenvalue weighted by molar-refractivity contribution is 7.14. The summed E-state index contributed by atoms with van der Waals surface area (Å²) in [6.45, 7) is 19.6. The molecule has 2 aliphatic heterocycles. The van der Waals surface area contributed by atoms with Crippen LogP contribution < -0.4 is 31.7 Å². The molecule has 0 saturated heterocycles. The maximum absolute atomic E-state index is 2.61. The van der Waals surface area contributed by atoms with Crippen molar-refractivity contribution >= 4 is 58.6 Å². The summed E-state index contributed by atoms with van der Waals surface area (Å²) in [7, 11) is -2.16. The number of hydrogen-bond donors (Lipinski definition) is 0. The Morgan fingerprint density at radius 2 is 0.947 bits per heavy atom. The van der Waals surface area contributed by atoms with Gasteiger partial charge in [0, 0.05) is 5.69 Å². The molecule has 1 spiro atoms. The molecule has 0 amide bonds. The maximum Gasteiger partial charge on any atom is 0.241 e. The van der Waals surface area contributed by atoms with E-state index in [1.807, 2.05) is 0 Å². The van der Waals surface area contributed by atoms with Gasteiger partial charge in [-0.05, 0) is 92.1 Å². The SMILES string of the molecule is CC(C)c1cc(C(C)C)c(B2c3ccccc3[Si](C)(C)c3cc(N4c5ccccc5C5(c6ccccc6-c6ccccc65)c5ccccc54)ccc32)c(C(C)C)c1. The van der Waals surface area contributed by atoms with Crippen LogP contribution in [-0.2, 0) is 5.41 Å². The van der Waals surface area contributed by atoms with Crippen LogP contribution in [0.25, 0.3) is 11.1 Å². The van der Waals surface area contributed by atoms with Crippen molar-refractivity contribution in [2.24, 2.45) is 0 Å². The normalized spacial score (nSPS) is 15.4. The molecule has 280 valence electrons. The average Bonchev–Trinajstić information content (AvgIpc) is 3.51. The Morgan fingerprint density at radius 3 is 1.49 bits per heavy atom. The lowest BCUT2D eigenvalue weighted by molar-refractivity contribution is 0.752. The lowest BCUT2D eigenvalue weighted by Gasteiger charge is -2.45. The van der Waals surface area contributed by atoms with Gasteiger partial charge in [0.05, 0.1) is 16.8 Å². The van der Waals surface area contributed by atoms with Crippen LogP contribution >= 0.6 is 0 Å². The third kappa shape index (κ3) is 5.01. The summed E-state index contributed by atoms with van der Waals surface area (Å²) in [5.41, 5.74) is 20.4. The molecule has 0 aromatic heterocycles. The van der Waals surface area contributed by atoms with Gasteiger partial charge in [-0.3, -0.25) is 0 Å². The summed E-state index contributed by atoms with van der Waals surface area (Å²) in [5, 5.41) is 3.11. The van der Waals surface area contributed by atoms with Crippen LogP contribution in [0.1, 0.15) is 98.2 Å². The lowest BCUT2D eigenvalue weighted by Crippen LogP contribution is -2.77. The van der Waals surface area contributed by atoms with E-state index in [0.717, 1.165) is 0 Å². The van der Waals surface area contributed by atoms with Crippen molar-refractivity contribution in [1.82, 2.24) is 0 Å². The first-order chi connectivity index (χ1) is 27.5. The van der Waals surface area contributed by atoms with Crippen molar-refractivity contribution in [2.75, 3.05) is 4.90 Å². The Bertz CT molecular complexity index is 2610. The quantitative estimate of drug-likeness (QED) is 0.158. The molecule has 0 atom stereocenters. The van der Waals surface area contributed by atoms with Crippen molar-refractivity contribution in [2.45, 2.75) is 77.8 Å². The molecule has 7 aromatic carbocycles. The fraction of sp³-hybridized carbons (Fsp3) is 0.222. The predicted molar refractivity (Wildman–Crippen MR) is 249 cm³/mol. The third-order valence-electron chi connectivity index (χ3n) is 13.7. The maximum atomic E-state index is 2.61. The number of fused-ring (bicyclic) bond motifs is 11. The second-order valence-electron chi connectivity index (χ2n) is 18.2. The van der Waals surface area contributed by atoms with Gasteiger partial charge in [-0.1, -0.05) is 209 Å². The molecule has 2 heterocycles. The number of benzene rings is 7. The topological polar surface area (TPSA) is 3.24 Å². The molecule has 3 heteroatoms. The molecule has 0 bridgehead atoms. The molecule has 57 heavy (non-hydrogen) atoms. The monoisotopic (exact) mass is 753 g/mol. The van der Waals surface area contributed by atoms with E-state index in [4.69, 9.17) is 0 Å². The molecule has 0 fully saturated rings. The molecule has 0 radical (unpaired) electrons. The van der Waals surface area contributed by atoms with Crippen molar-refractivity contribution in [3.8, 4) is 11.1 Å². The van der Waals surface area contributed by atoms with E-state index >= 15 is 0 Å². The third-order valence-corrected chi connectivity index (χ3v) is 17.3. The second kappa shape index (κ2) is 13.1. The van der Waals surface area contributed by atoms with Crippen LogP contribution in [0.3, 0.4) is 0 Å². The summed E-state index contributed by atoms with van der Waals surface area (Å²) in [5.74, 6) is 1.31. The lowest BCUT2D eigenvalue weighted by atomic mass is 9.34. The van der Waals surface area contributed by atoms with Crippen molar-refractivity contribution in [1.29, 1.82) is 0 Å². The molecule has 3 aliphatic rings. The number of anilines is 3. The average molecular weight is 754 g/mol. The van der Waals surface area contributed by atoms with Gasteiger partial charge in [0.1, 0.15) is 8.07 Å². The molecule has 1 aliphatic carbocycles. The van der Waals surface area contributed by atoms with Crippen molar-refractivity contribution in [3.05, 3.63) is 191 Å². The summed E-state index contributed by atoms with van der Waals surface area (Å²) in [4.78, 5) is 2.58. The van der Waals surface area contributed by atoms with Crippen LogP contribution in [0.15, 0.2) is 152 Å². The fourth-order valence-corrected chi connectivity index (χ4v) is 14.3. The summed E-state index contributed by atoms with van der Waals surface area (Å²) >= 11 is 0. The largest absolute Gasteiger partial charge is 0.310 e. The zero-order valence-electron chi connectivity index (χ0n) is 34.7. The van der Waals surface area contributed by atoms with E-state index in [0.29, 0.717) is 17.8 Å². The molecule has 0 saturated carbocycles. The molecule has 1 nitrogen and oxygen atoms in total. The first-order valence-electron chi connectivity index (χ1n) is 21.1. The summed E-state index contributed by atoms with van der Waals surface area (Å²) < 4.78 is 0. The number of hydrogen-bond acceptors (Lipinski definition) is 1. The van der Waals surface area contributed by atoms with Crippen molar-refractivity contribution < 1.29 is 0 Å². The molecule has 7 aromatic rings. The van der Waals surface area contributed by atoms with E-state index in [1.54, 1.807) is 10.4 Å². The molecule has 0 N–H and O–H groups in total. The number of para-hydroxylation sites is 2. The van der Waals surface area contributed by atoms with Crippen LogP contribution in [0.2, 0.25) is 13.1 Å². The van der Waals surface area contributed by atoms with Crippen LogP contribution in [0.5, 0.6) is 0 Å². The van der Waals surface area contributed by atoms with E-state index in [2.05, 4.69) is 211 Å². The van der Waals surface area contributed by atoms with Gasteiger partial charge in [-0.2, -0.15) is 0 Å². The predicted octanol–water partition coefficient (Wildman–Crippen LogP) is 10.9. The van der Waals surface area contributed by atoms with Gasteiger partial charge >= 0.3 is 0 Å². The van der Waals surface area contributed by atoms with E-state index in [1.165, 1.54) is 83.5 Å². The molecule has 10 rings (SSSR count). The van der Waals surface area contributed by atoms with Crippen molar-refractivity contribution in [3.63, 3.8) is 0 Å². The zero-order chi connectivity index (χ0) is 39.4. The van der Waals surface area contributed by atoms with E-state index in [9.17, 15) is 0 Å². The highest BCUT2D eigenvalue weighted by Crippen LogP contribution is 2.63. The number of rotatable bonds is 5. The van der Waals surface area contributed by atoms with Gasteiger partial charge in [0.2, 0.25) is 6.71 Å². The van der Waals surface area contributed by atoms with Gasteiger partial charge in [0.15, 0.2) is 0 Å². The first kappa shape index (κ1) is 36.0. The highest BCUT2D eigenvalue weighted by Gasteiger charge is 2.52. The van der Waals surface area contributed by atoms with E-state index < -0.39 is 13.5 Å². The summed E-state index contributed by atoms with van der Waals surface area (Å²) in [6, 6.07) is 58.8.